The third-order valence-corrected chi connectivity index (χ3v) is 5.58. The van der Waals surface area contributed by atoms with Crippen LogP contribution < -0.4 is 5.32 Å². The average Bonchev–Trinajstić information content (AvgIpc) is 2.61. The largest absolute Gasteiger partial charge is 0.351 e. The molecule has 2 rings (SSSR count). The molecule has 26 heavy (non-hydrogen) atoms. The normalized spacial score (nSPS) is 11.7. The zero-order valence-electron chi connectivity index (χ0n) is 15.2. The van der Waals surface area contributed by atoms with Gasteiger partial charge in [-0.25, -0.2) is 8.42 Å². The predicted molar refractivity (Wildman–Crippen MR) is 99.7 cm³/mol. The van der Waals surface area contributed by atoms with Gasteiger partial charge >= 0.3 is 0 Å². The van der Waals surface area contributed by atoms with Crippen molar-refractivity contribution in [1.29, 1.82) is 0 Å². The lowest BCUT2D eigenvalue weighted by Crippen LogP contribution is -2.38. The molecule has 7 nitrogen and oxygen atoms in total. The van der Waals surface area contributed by atoms with E-state index >= 15 is 0 Å². The maximum absolute atomic E-state index is 12.4. The van der Waals surface area contributed by atoms with Crippen LogP contribution in [0.3, 0.4) is 0 Å². The van der Waals surface area contributed by atoms with Crippen LogP contribution in [0.4, 0.5) is 0 Å². The van der Waals surface area contributed by atoms with E-state index in [2.05, 4.69) is 15.2 Å². The molecule has 1 N–H and O–H groups in total. The van der Waals surface area contributed by atoms with Gasteiger partial charge in [-0.1, -0.05) is 24.3 Å². The fourth-order valence-electron chi connectivity index (χ4n) is 2.44. The number of nitrogens with zero attached hydrogens (tertiary/aromatic N) is 3. The number of carbonyl (C=O) groups excluding carboxylic acids is 1. The van der Waals surface area contributed by atoms with Crippen LogP contribution in [0.2, 0.25) is 0 Å². The molecule has 140 valence electrons. The van der Waals surface area contributed by atoms with E-state index in [1.165, 1.54) is 25.5 Å². The first-order valence-corrected chi connectivity index (χ1v) is 9.59. The quantitative estimate of drug-likeness (QED) is 0.745. The van der Waals surface area contributed by atoms with Gasteiger partial charge in [-0.15, -0.1) is 0 Å². The highest BCUT2D eigenvalue weighted by Crippen LogP contribution is 2.12. The molecule has 0 aliphatic carbocycles. The molecule has 0 aliphatic heterocycles. The summed E-state index contributed by atoms with van der Waals surface area (Å²) in [5, 5.41) is 2.79. The summed E-state index contributed by atoms with van der Waals surface area (Å²) in [7, 11) is 1.60. The fraction of sp³-hybridized carbons (Fsp3) is 0.333. The molecule has 0 spiro atoms. The van der Waals surface area contributed by atoms with Crippen LogP contribution >= 0.6 is 0 Å². The van der Waals surface area contributed by atoms with Crippen molar-refractivity contribution < 1.29 is 13.2 Å². The number of pyridine rings is 1. The number of likely N-dealkylation sites (N-methyl/N-ethyl adjacent to an activating group) is 1. The van der Waals surface area contributed by atoms with E-state index in [-0.39, 0.29) is 17.3 Å². The van der Waals surface area contributed by atoms with E-state index in [0.717, 1.165) is 22.0 Å². The summed E-state index contributed by atoms with van der Waals surface area (Å²) < 4.78 is 25.9. The Morgan fingerprint density at radius 1 is 1.08 bits per heavy atom. The lowest BCUT2D eigenvalue weighted by Gasteiger charge is -2.18. The van der Waals surface area contributed by atoms with Crippen LogP contribution in [0, 0.1) is 0 Å². The van der Waals surface area contributed by atoms with Gasteiger partial charge in [-0.05, 0) is 37.4 Å². The van der Waals surface area contributed by atoms with E-state index in [9.17, 15) is 13.2 Å². The number of benzene rings is 1. The van der Waals surface area contributed by atoms with Gasteiger partial charge in [0.1, 0.15) is 4.90 Å². The molecule has 0 radical (unpaired) electrons. The van der Waals surface area contributed by atoms with E-state index in [1.54, 1.807) is 6.07 Å². The number of aromatic nitrogens is 1. The monoisotopic (exact) mass is 376 g/mol. The topological polar surface area (TPSA) is 82.6 Å². The minimum absolute atomic E-state index is 0.0617. The van der Waals surface area contributed by atoms with Crippen molar-refractivity contribution in [2.75, 3.05) is 27.7 Å². The second-order valence-electron chi connectivity index (χ2n) is 6.23. The third kappa shape index (κ3) is 5.35. The van der Waals surface area contributed by atoms with E-state index in [1.807, 2.05) is 38.4 Å². The molecule has 1 amide bonds. The Bertz CT molecular complexity index is 839. The molecule has 2 aromatic rings. The lowest BCUT2D eigenvalue weighted by atomic mass is 10.1. The number of sulfonamides is 1. The Kier molecular flexibility index (Phi) is 6.84. The average molecular weight is 376 g/mol. The van der Waals surface area contributed by atoms with Gasteiger partial charge < -0.3 is 10.2 Å². The molecule has 0 saturated carbocycles. The van der Waals surface area contributed by atoms with Crippen molar-refractivity contribution in [2.24, 2.45) is 0 Å². The summed E-state index contributed by atoms with van der Waals surface area (Å²) in [4.78, 5) is 18.1. The van der Waals surface area contributed by atoms with E-state index < -0.39 is 10.0 Å². The molecule has 0 atom stereocenters. The summed E-state index contributed by atoms with van der Waals surface area (Å²) >= 11 is 0. The minimum Gasteiger partial charge on any atom is -0.351 e. The van der Waals surface area contributed by atoms with E-state index in [4.69, 9.17) is 0 Å². The smallest absolute Gasteiger partial charge is 0.244 e. The molecule has 1 aromatic carbocycles. The highest BCUT2D eigenvalue weighted by atomic mass is 32.2. The fourth-order valence-corrected chi connectivity index (χ4v) is 3.53. The zero-order valence-corrected chi connectivity index (χ0v) is 16.0. The van der Waals surface area contributed by atoms with Crippen molar-refractivity contribution in [2.45, 2.75) is 18.0 Å². The maximum Gasteiger partial charge on any atom is 0.244 e. The Morgan fingerprint density at radius 3 is 2.38 bits per heavy atom. The lowest BCUT2D eigenvalue weighted by molar-refractivity contribution is -0.121. The van der Waals surface area contributed by atoms with Crippen LogP contribution in [0.25, 0.3) is 0 Å². The van der Waals surface area contributed by atoms with Crippen molar-refractivity contribution in [3.63, 3.8) is 0 Å². The molecule has 0 fully saturated rings. The highest BCUT2D eigenvalue weighted by molar-refractivity contribution is 7.89. The molecule has 0 bridgehead atoms. The number of rotatable bonds is 8. The van der Waals surface area contributed by atoms with Crippen molar-refractivity contribution in [3.05, 3.63) is 59.9 Å². The maximum atomic E-state index is 12.4. The Balaban J connectivity index is 1.97. The van der Waals surface area contributed by atoms with Crippen LogP contribution in [-0.4, -0.2) is 56.2 Å². The molecule has 1 aromatic heterocycles. The molecular formula is C18H24N4O3S. The first-order chi connectivity index (χ1) is 12.3. The molecule has 0 aliphatic rings. The van der Waals surface area contributed by atoms with Gasteiger partial charge in [0, 0.05) is 32.5 Å². The summed E-state index contributed by atoms with van der Waals surface area (Å²) in [6.07, 6.45) is 2.76. The first-order valence-electron chi connectivity index (χ1n) is 8.15. The van der Waals surface area contributed by atoms with Crippen molar-refractivity contribution in [3.8, 4) is 0 Å². The SMILES string of the molecule is CN(C)Cc1ccccc1CNC(=O)CN(C)S(=O)(=O)c1cccnc1. The zero-order chi connectivity index (χ0) is 19.2. The van der Waals surface area contributed by atoms with Gasteiger partial charge in [0.2, 0.25) is 15.9 Å². The molecule has 8 heteroatoms. The first kappa shape index (κ1) is 20.0. The van der Waals surface area contributed by atoms with E-state index in [0.29, 0.717) is 6.54 Å². The summed E-state index contributed by atoms with van der Waals surface area (Å²) in [6, 6.07) is 10.8. The van der Waals surface area contributed by atoms with Crippen LogP contribution in [0.5, 0.6) is 0 Å². The van der Waals surface area contributed by atoms with Gasteiger partial charge in [-0.2, -0.15) is 4.31 Å². The Labute approximate surface area is 154 Å². The van der Waals surface area contributed by atoms with Gasteiger partial charge in [-0.3, -0.25) is 9.78 Å². The number of nitrogens with one attached hydrogen (secondary N) is 1. The molecule has 0 saturated heterocycles. The standard InChI is InChI=1S/C18H24N4O3S/c1-21(2)13-16-8-5-4-7-15(16)11-20-18(23)14-22(3)26(24,25)17-9-6-10-19-12-17/h4-10,12H,11,13-14H2,1-3H3,(H,20,23). The van der Waals surface area contributed by atoms with Crippen molar-refractivity contribution >= 4 is 15.9 Å². The van der Waals surface area contributed by atoms with Gasteiger partial charge in [0.15, 0.2) is 0 Å². The van der Waals surface area contributed by atoms with Crippen LogP contribution in [-0.2, 0) is 27.9 Å². The van der Waals surface area contributed by atoms with Crippen LogP contribution in [0.15, 0.2) is 53.7 Å². The van der Waals surface area contributed by atoms with Crippen molar-refractivity contribution in [1.82, 2.24) is 19.5 Å². The Hall–Kier alpha value is -2.29. The number of carbonyl (C=O) groups is 1. The Morgan fingerprint density at radius 2 is 1.77 bits per heavy atom. The second-order valence-corrected chi connectivity index (χ2v) is 8.28. The third-order valence-electron chi connectivity index (χ3n) is 3.79. The molecule has 0 unspecified atom stereocenters. The predicted octanol–water partition coefficient (Wildman–Crippen LogP) is 1.08. The summed E-state index contributed by atoms with van der Waals surface area (Å²) in [6.45, 7) is 0.859. The number of amides is 1. The highest BCUT2D eigenvalue weighted by Gasteiger charge is 2.23. The number of hydrogen-bond acceptors (Lipinski definition) is 5. The molecular weight excluding hydrogens is 352 g/mol. The molecule has 1 heterocycles. The summed E-state index contributed by atoms with van der Waals surface area (Å²) in [5.74, 6) is -0.361. The summed E-state index contributed by atoms with van der Waals surface area (Å²) in [5.41, 5.74) is 2.13. The van der Waals surface area contributed by atoms with Gasteiger partial charge in [0.05, 0.1) is 6.54 Å². The van der Waals surface area contributed by atoms with Gasteiger partial charge in [0.25, 0.3) is 0 Å². The minimum atomic E-state index is -3.74. The number of hydrogen-bond donors (Lipinski definition) is 1. The van der Waals surface area contributed by atoms with Crippen LogP contribution in [0.1, 0.15) is 11.1 Å². The second kappa shape index (κ2) is 8.88.